The Hall–Kier alpha value is -0.840. The smallest absolute Gasteiger partial charge is 0.146 e. The lowest BCUT2D eigenvalue weighted by Gasteiger charge is -2.35. The lowest BCUT2D eigenvalue weighted by Crippen LogP contribution is -2.34. The lowest BCUT2D eigenvalue weighted by molar-refractivity contribution is 0.308. The lowest BCUT2D eigenvalue weighted by atomic mass is 9.93. The predicted molar refractivity (Wildman–Crippen MR) is 102 cm³/mol. The molecule has 0 aliphatic carbocycles. The zero-order chi connectivity index (χ0) is 15.2. The van der Waals surface area contributed by atoms with Crippen molar-refractivity contribution in [1.82, 2.24) is 4.90 Å². The van der Waals surface area contributed by atoms with E-state index in [1.165, 1.54) is 19.3 Å². The monoisotopic (exact) mass is 364 g/mol. The van der Waals surface area contributed by atoms with Gasteiger partial charge in [0.2, 0.25) is 0 Å². The number of benzene rings is 1. The number of para-hydroxylation sites is 1. The van der Waals surface area contributed by atoms with Gasteiger partial charge in [0.05, 0.1) is 6.61 Å². The maximum absolute atomic E-state index is 10.2. The summed E-state index contributed by atoms with van der Waals surface area (Å²) in [6.07, 6.45) is 3.64. The largest absolute Gasteiger partial charge is 0.506 e. The minimum atomic E-state index is 0. The van der Waals surface area contributed by atoms with Gasteiger partial charge in [0.25, 0.3) is 0 Å². The number of rotatable bonds is 6. The Bertz CT molecular complexity index is 450. The molecule has 23 heavy (non-hydrogen) atoms. The van der Waals surface area contributed by atoms with Crippen molar-refractivity contribution in [3.05, 3.63) is 18.2 Å². The number of ether oxygens (including phenoxy) is 1. The van der Waals surface area contributed by atoms with E-state index in [0.717, 1.165) is 37.0 Å². The van der Waals surface area contributed by atoms with Crippen LogP contribution in [0.4, 0.5) is 5.69 Å². The van der Waals surface area contributed by atoms with Crippen LogP contribution in [0.5, 0.6) is 11.5 Å². The molecule has 1 N–H and O–H groups in total. The van der Waals surface area contributed by atoms with Crippen LogP contribution in [0, 0.1) is 5.92 Å². The van der Waals surface area contributed by atoms with E-state index in [-0.39, 0.29) is 24.8 Å². The Morgan fingerprint density at radius 1 is 1.22 bits per heavy atom. The summed E-state index contributed by atoms with van der Waals surface area (Å²) in [6, 6.07) is 5.53. The number of phenolic OH excluding ortho intramolecular Hbond substituents is 1. The first-order valence-corrected chi connectivity index (χ1v) is 7.96. The number of nitrogens with zero attached hydrogens (tertiary/aromatic N) is 2. The fourth-order valence-corrected chi connectivity index (χ4v) is 2.99. The fraction of sp³-hybridized carbons (Fsp3) is 0.647. The van der Waals surface area contributed by atoms with Crippen LogP contribution in [0.1, 0.15) is 26.2 Å². The van der Waals surface area contributed by atoms with E-state index in [4.69, 9.17) is 4.74 Å². The van der Waals surface area contributed by atoms with E-state index in [1.807, 2.05) is 19.1 Å². The van der Waals surface area contributed by atoms with Crippen LogP contribution in [0.3, 0.4) is 0 Å². The summed E-state index contributed by atoms with van der Waals surface area (Å²) < 4.78 is 5.67. The van der Waals surface area contributed by atoms with Crippen molar-refractivity contribution in [1.29, 1.82) is 0 Å². The van der Waals surface area contributed by atoms with Gasteiger partial charge >= 0.3 is 0 Å². The van der Waals surface area contributed by atoms with Gasteiger partial charge in [-0.1, -0.05) is 6.07 Å². The molecule has 0 spiro atoms. The van der Waals surface area contributed by atoms with Crippen molar-refractivity contribution in [3.8, 4) is 11.5 Å². The molecule has 6 heteroatoms. The molecule has 0 radical (unpaired) electrons. The minimum absolute atomic E-state index is 0. The highest BCUT2D eigenvalue weighted by molar-refractivity contribution is 5.85. The molecule has 1 saturated heterocycles. The Morgan fingerprint density at radius 3 is 2.43 bits per heavy atom. The molecule has 1 aliphatic rings. The second-order valence-corrected chi connectivity index (χ2v) is 6.08. The van der Waals surface area contributed by atoms with Crippen LogP contribution in [-0.4, -0.2) is 50.3 Å². The maximum atomic E-state index is 10.2. The fourth-order valence-electron chi connectivity index (χ4n) is 2.99. The summed E-state index contributed by atoms with van der Waals surface area (Å²) in [7, 11) is 4.26. The van der Waals surface area contributed by atoms with Gasteiger partial charge in [-0.05, 0) is 64.9 Å². The van der Waals surface area contributed by atoms with Gasteiger partial charge < -0.3 is 19.6 Å². The topological polar surface area (TPSA) is 35.9 Å². The van der Waals surface area contributed by atoms with Crippen LogP contribution in [-0.2, 0) is 0 Å². The maximum Gasteiger partial charge on any atom is 0.146 e. The first-order valence-electron chi connectivity index (χ1n) is 7.96. The Balaban J connectivity index is 0.00000242. The summed E-state index contributed by atoms with van der Waals surface area (Å²) in [5, 5.41) is 10.2. The molecule has 1 aromatic rings. The van der Waals surface area contributed by atoms with Gasteiger partial charge in [-0.25, -0.2) is 0 Å². The summed E-state index contributed by atoms with van der Waals surface area (Å²) in [5.41, 5.74) is 0.866. The Morgan fingerprint density at radius 2 is 1.87 bits per heavy atom. The van der Waals surface area contributed by atoms with Crippen molar-refractivity contribution in [2.24, 2.45) is 5.92 Å². The summed E-state index contributed by atoms with van der Waals surface area (Å²) >= 11 is 0. The van der Waals surface area contributed by atoms with Gasteiger partial charge in [0.1, 0.15) is 17.2 Å². The number of anilines is 1. The predicted octanol–water partition coefficient (Wildman–Crippen LogP) is 3.80. The first-order chi connectivity index (χ1) is 10.1. The zero-order valence-corrected chi connectivity index (χ0v) is 16.0. The quantitative estimate of drug-likeness (QED) is 0.832. The molecule has 0 bridgehead atoms. The molecule has 2 rings (SSSR count). The van der Waals surface area contributed by atoms with Crippen LogP contribution < -0.4 is 9.64 Å². The summed E-state index contributed by atoms with van der Waals surface area (Å²) in [5.74, 6) is 1.92. The molecule has 0 amide bonds. The van der Waals surface area contributed by atoms with E-state index >= 15 is 0 Å². The third-order valence-corrected chi connectivity index (χ3v) is 4.19. The molecule has 1 heterocycles. The third-order valence-electron chi connectivity index (χ3n) is 4.19. The van der Waals surface area contributed by atoms with Crippen LogP contribution in [0.25, 0.3) is 0 Å². The number of aromatic hydroxyl groups is 1. The highest BCUT2D eigenvalue weighted by atomic mass is 35.5. The molecule has 0 saturated carbocycles. The molecule has 0 aromatic heterocycles. The highest BCUT2D eigenvalue weighted by Gasteiger charge is 2.23. The molecule has 4 nitrogen and oxygen atoms in total. The highest BCUT2D eigenvalue weighted by Crippen LogP contribution is 2.39. The molecule has 134 valence electrons. The summed E-state index contributed by atoms with van der Waals surface area (Å²) in [4.78, 5) is 4.52. The number of hydrogen-bond acceptors (Lipinski definition) is 4. The molecular weight excluding hydrogens is 335 g/mol. The van der Waals surface area contributed by atoms with Crippen LogP contribution in [0.2, 0.25) is 0 Å². The van der Waals surface area contributed by atoms with Crippen molar-refractivity contribution in [2.75, 3.05) is 45.2 Å². The van der Waals surface area contributed by atoms with Crippen molar-refractivity contribution in [2.45, 2.75) is 26.2 Å². The molecule has 0 atom stereocenters. The zero-order valence-electron chi connectivity index (χ0n) is 14.3. The van der Waals surface area contributed by atoms with E-state index in [1.54, 1.807) is 6.07 Å². The number of piperidine rings is 1. The second kappa shape index (κ2) is 10.8. The standard InChI is InChI=1S/C17H28N2O2.2ClH/c1-4-21-16-7-5-6-15(20)17(16)19-12-9-14(10-13-19)8-11-18(2)3;;/h5-7,14,20H,4,8-13H2,1-3H3;2*1H. The van der Waals surface area contributed by atoms with Crippen molar-refractivity contribution >= 4 is 30.5 Å². The SMILES string of the molecule is CCOc1cccc(O)c1N1CCC(CCN(C)C)CC1.Cl.Cl. The number of halogens is 2. The molecule has 1 aliphatic heterocycles. The van der Waals surface area contributed by atoms with E-state index in [9.17, 15) is 5.11 Å². The molecule has 0 unspecified atom stereocenters. The van der Waals surface area contributed by atoms with Crippen molar-refractivity contribution < 1.29 is 9.84 Å². The second-order valence-electron chi connectivity index (χ2n) is 6.08. The van der Waals surface area contributed by atoms with E-state index in [2.05, 4.69) is 23.9 Å². The molecule has 1 fully saturated rings. The molecule has 1 aromatic carbocycles. The van der Waals surface area contributed by atoms with E-state index in [0.29, 0.717) is 12.4 Å². The number of phenols is 1. The molecular formula is C17H30Cl2N2O2. The average Bonchev–Trinajstić information content (AvgIpc) is 2.46. The van der Waals surface area contributed by atoms with E-state index < -0.39 is 0 Å². The van der Waals surface area contributed by atoms with Crippen LogP contribution in [0.15, 0.2) is 18.2 Å². The normalized spacial score (nSPS) is 15.0. The number of hydrogen-bond donors (Lipinski definition) is 1. The first kappa shape index (κ1) is 22.2. The summed E-state index contributed by atoms with van der Waals surface area (Å²) in [6.45, 7) is 5.74. The van der Waals surface area contributed by atoms with Gasteiger partial charge in [-0.15, -0.1) is 24.8 Å². The van der Waals surface area contributed by atoms with Gasteiger partial charge in [-0.3, -0.25) is 0 Å². The van der Waals surface area contributed by atoms with Gasteiger partial charge in [0.15, 0.2) is 0 Å². The van der Waals surface area contributed by atoms with Crippen molar-refractivity contribution in [3.63, 3.8) is 0 Å². The van der Waals surface area contributed by atoms with Gasteiger partial charge in [-0.2, -0.15) is 0 Å². The van der Waals surface area contributed by atoms with Crippen LogP contribution >= 0.6 is 24.8 Å². The Kier molecular flexibility index (Phi) is 10.4. The average molecular weight is 365 g/mol. The van der Waals surface area contributed by atoms with Gasteiger partial charge in [0, 0.05) is 13.1 Å². The Labute approximate surface area is 152 Å². The minimum Gasteiger partial charge on any atom is -0.506 e. The third kappa shape index (κ3) is 6.28.